The van der Waals surface area contributed by atoms with Crippen molar-refractivity contribution in [3.8, 4) is 0 Å². The van der Waals surface area contributed by atoms with E-state index in [1.807, 2.05) is 0 Å². The van der Waals surface area contributed by atoms with Crippen LogP contribution < -0.4 is 10.2 Å². The third kappa shape index (κ3) is 2.98. The van der Waals surface area contributed by atoms with Crippen molar-refractivity contribution in [2.24, 2.45) is 5.92 Å². The van der Waals surface area contributed by atoms with Crippen molar-refractivity contribution in [2.75, 3.05) is 23.8 Å². The molecule has 3 rings (SSSR count). The summed E-state index contributed by atoms with van der Waals surface area (Å²) in [7, 11) is 2.19. The summed E-state index contributed by atoms with van der Waals surface area (Å²) in [6.07, 6.45) is 5.23. The third-order valence-electron chi connectivity index (χ3n) is 4.43. The molecule has 2 atom stereocenters. The van der Waals surface area contributed by atoms with Gasteiger partial charge in [-0.15, -0.1) is 11.3 Å². The van der Waals surface area contributed by atoms with E-state index in [9.17, 15) is 0 Å². The smallest absolute Gasteiger partial charge is 0.226 e. The fraction of sp³-hybridized carbons (Fsp3) is 0.625. The number of fused-ring (bicyclic) bond motifs is 1. The van der Waals surface area contributed by atoms with E-state index in [1.165, 1.54) is 31.1 Å². The predicted octanol–water partition coefficient (Wildman–Crippen LogP) is 4.14. The van der Waals surface area contributed by atoms with Crippen LogP contribution in [0.15, 0.2) is 11.4 Å². The summed E-state index contributed by atoms with van der Waals surface area (Å²) in [6.45, 7) is 5.29. The third-order valence-corrected chi connectivity index (χ3v) is 5.24. The zero-order chi connectivity index (χ0) is 14.8. The van der Waals surface area contributed by atoms with Crippen LogP contribution in [-0.4, -0.2) is 29.6 Å². The van der Waals surface area contributed by atoms with Crippen molar-refractivity contribution >= 4 is 33.3 Å². The Morgan fingerprint density at radius 2 is 2.24 bits per heavy atom. The van der Waals surface area contributed by atoms with Crippen molar-refractivity contribution in [3.63, 3.8) is 0 Å². The van der Waals surface area contributed by atoms with Crippen LogP contribution in [0.4, 0.5) is 11.8 Å². The predicted molar refractivity (Wildman–Crippen MR) is 91.4 cm³/mol. The Morgan fingerprint density at radius 1 is 1.38 bits per heavy atom. The van der Waals surface area contributed by atoms with Gasteiger partial charge in [-0.2, -0.15) is 4.98 Å². The van der Waals surface area contributed by atoms with Crippen molar-refractivity contribution in [2.45, 2.75) is 45.6 Å². The van der Waals surface area contributed by atoms with Crippen LogP contribution in [0.1, 0.15) is 39.5 Å². The molecule has 0 saturated heterocycles. The molecule has 0 radical (unpaired) electrons. The summed E-state index contributed by atoms with van der Waals surface area (Å²) < 4.78 is 0. The van der Waals surface area contributed by atoms with Gasteiger partial charge in [-0.1, -0.05) is 19.8 Å². The number of nitrogens with one attached hydrogen (secondary N) is 1. The SMILES string of the molecule is CCNc1nc(N(C)C2CCCC(C)C2)c2ccsc2n1. The lowest BCUT2D eigenvalue weighted by atomic mass is 9.86. The quantitative estimate of drug-likeness (QED) is 0.921. The first-order valence-electron chi connectivity index (χ1n) is 7.91. The molecule has 114 valence electrons. The van der Waals surface area contributed by atoms with Gasteiger partial charge in [0.1, 0.15) is 10.6 Å². The van der Waals surface area contributed by atoms with Crippen LogP contribution >= 0.6 is 11.3 Å². The molecule has 1 aliphatic rings. The fourth-order valence-corrected chi connectivity index (χ4v) is 4.03. The summed E-state index contributed by atoms with van der Waals surface area (Å²) in [5, 5.41) is 6.54. The highest BCUT2D eigenvalue weighted by atomic mass is 32.1. The molecule has 1 aliphatic carbocycles. The maximum atomic E-state index is 4.77. The lowest BCUT2D eigenvalue weighted by molar-refractivity contribution is 0.336. The van der Waals surface area contributed by atoms with Gasteiger partial charge in [0.05, 0.1) is 5.39 Å². The van der Waals surface area contributed by atoms with E-state index in [4.69, 9.17) is 4.98 Å². The summed E-state index contributed by atoms with van der Waals surface area (Å²) in [4.78, 5) is 12.8. The molecule has 5 heteroatoms. The zero-order valence-electron chi connectivity index (χ0n) is 13.1. The largest absolute Gasteiger partial charge is 0.356 e. The first-order valence-corrected chi connectivity index (χ1v) is 8.79. The molecule has 0 spiro atoms. The standard InChI is InChI=1S/C16H24N4S/c1-4-17-16-18-14(13-8-9-21-15(13)19-16)20(3)12-7-5-6-11(2)10-12/h8-9,11-12H,4-7,10H2,1-3H3,(H,17,18,19). The Labute approximate surface area is 130 Å². The van der Waals surface area contributed by atoms with Crippen LogP contribution in [0.25, 0.3) is 10.2 Å². The molecule has 4 nitrogen and oxygen atoms in total. The lowest BCUT2D eigenvalue weighted by Gasteiger charge is -2.35. The summed E-state index contributed by atoms with van der Waals surface area (Å²) >= 11 is 1.69. The van der Waals surface area contributed by atoms with Gasteiger partial charge in [0.25, 0.3) is 0 Å². The van der Waals surface area contributed by atoms with E-state index in [1.54, 1.807) is 11.3 Å². The van der Waals surface area contributed by atoms with Gasteiger partial charge in [-0.05, 0) is 37.1 Å². The van der Waals surface area contributed by atoms with Gasteiger partial charge in [-0.25, -0.2) is 4.98 Å². The van der Waals surface area contributed by atoms with Crippen LogP contribution in [0, 0.1) is 5.92 Å². The van der Waals surface area contributed by atoms with Gasteiger partial charge >= 0.3 is 0 Å². The molecule has 0 aromatic carbocycles. The molecule has 2 aromatic heterocycles. The lowest BCUT2D eigenvalue weighted by Crippen LogP contribution is -2.36. The number of anilines is 2. The van der Waals surface area contributed by atoms with Crippen LogP contribution in [-0.2, 0) is 0 Å². The van der Waals surface area contributed by atoms with Gasteiger partial charge in [0.15, 0.2) is 0 Å². The number of rotatable bonds is 4. The molecular formula is C16H24N4S. The molecule has 21 heavy (non-hydrogen) atoms. The summed E-state index contributed by atoms with van der Waals surface area (Å²) in [5.41, 5.74) is 0. The van der Waals surface area contributed by atoms with E-state index in [0.717, 1.165) is 29.1 Å². The van der Waals surface area contributed by atoms with Crippen molar-refractivity contribution in [1.29, 1.82) is 0 Å². The van der Waals surface area contributed by atoms with Crippen LogP contribution in [0.2, 0.25) is 0 Å². The molecule has 0 bridgehead atoms. The number of nitrogens with zero attached hydrogens (tertiary/aromatic N) is 3. The molecule has 1 fully saturated rings. The first-order chi connectivity index (χ1) is 10.2. The summed E-state index contributed by atoms with van der Waals surface area (Å²) in [5.74, 6) is 2.65. The molecule has 2 heterocycles. The van der Waals surface area contributed by atoms with E-state index in [0.29, 0.717) is 6.04 Å². The Hall–Kier alpha value is -1.36. The average molecular weight is 304 g/mol. The highest BCUT2D eigenvalue weighted by Gasteiger charge is 2.25. The number of hydrogen-bond acceptors (Lipinski definition) is 5. The van der Waals surface area contributed by atoms with Crippen molar-refractivity contribution in [3.05, 3.63) is 11.4 Å². The molecule has 1 saturated carbocycles. The first kappa shape index (κ1) is 14.6. The monoisotopic (exact) mass is 304 g/mol. The van der Waals surface area contributed by atoms with Gasteiger partial charge < -0.3 is 10.2 Å². The molecule has 1 N–H and O–H groups in total. The topological polar surface area (TPSA) is 41.1 Å². The maximum absolute atomic E-state index is 4.77. The van der Waals surface area contributed by atoms with Crippen LogP contribution in [0.3, 0.4) is 0 Å². The Kier molecular flexibility index (Phi) is 4.29. The van der Waals surface area contributed by atoms with Gasteiger partial charge in [0, 0.05) is 19.6 Å². The second kappa shape index (κ2) is 6.18. The average Bonchev–Trinajstić information content (AvgIpc) is 2.94. The summed E-state index contributed by atoms with van der Waals surface area (Å²) in [6, 6.07) is 2.74. The number of aromatic nitrogens is 2. The van der Waals surface area contributed by atoms with E-state index >= 15 is 0 Å². The minimum Gasteiger partial charge on any atom is -0.356 e. The molecule has 0 amide bonds. The van der Waals surface area contributed by atoms with Gasteiger partial charge in [-0.3, -0.25) is 0 Å². The maximum Gasteiger partial charge on any atom is 0.226 e. The minimum absolute atomic E-state index is 0.598. The van der Waals surface area contributed by atoms with E-state index in [2.05, 4.69) is 47.5 Å². The molecule has 0 aliphatic heterocycles. The Morgan fingerprint density at radius 3 is 3.00 bits per heavy atom. The zero-order valence-corrected chi connectivity index (χ0v) is 13.9. The fourth-order valence-electron chi connectivity index (χ4n) is 3.27. The number of thiophene rings is 1. The second-order valence-corrected chi connectivity index (χ2v) is 6.97. The van der Waals surface area contributed by atoms with Crippen molar-refractivity contribution in [1.82, 2.24) is 9.97 Å². The Bertz CT molecular complexity index is 609. The molecule has 2 unspecified atom stereocenters. The second-order valence-electron chi connectivity index (χ2n) is 6.08. The normalized spacial score (nSPS) is 22.4. The van der Waals surface area contributed by atoms with Crippen LogP contribution in [0.5, 0.6) is 0 Å². The highest BCUT2D eigenvalue weighted by Crippen LogP contribution is 2.34. The molecule has 2 aromatic rings. The van der Waals surface area contributed by atoms with E-state index < -0.39 is 0 Å². The van der Waals surface area contributed by atoms with Gasteiger partial charge in [0.2, 0.25) is 5.95 Å². The minimum atomic E-state index is 0.598. The highest BCUT2D eigenvalue weighted by molar-refractivity contribution is 7.16. The van der Waals surface area contributed by atoms with Crippen molar-refractivity contribution < 1.29 is 0 Å². The Balaban J connectivity index is 1.95. The number of hydrogen-bond donors (Lipinski definition) is 1. The van der Waals surface area contributed by atoms with E-state index in [-0.39, 0.29) is 0 Å². The molecular weight excluding hydrogens is 280 g/mol.